The lowest BCUT2D eigenvalue weighted by Gasteiger charge is -1.99. The predicted molar refractivity (Wildman–Crippen MR) is 72.7 cm³/mol. The third-order valence-corrected chi connectivity index (χ3v) is 2.74. The molecule has 3 aromatic rings. The highest BCUT2D eigenvalue weighted by molar-refractivity contribution is 5.89. The van der Waals surface area contributed by atoms with Gasteiger partial charge in [-0.15, -0.1) is 0 Å². The molecule has 0 amide bonds. The monoisotopic (exact) mass is 233 g/mol. The molecule has 0 bridgehead atoms. The lowest BCUT2D eigenvalue weighted by molar-refractivity contribution is 1.07. The number of pyridine rings is 1. The molecule has 3 heteroatoms. The molecule has 0 radical (unpaired) electrons. The average molecular weight is 233 g/mol. The Balaban J connectivity index is 2.03. The standard InChI is InChI=1S/C15H11N3/c1-2-4-15-14(3-1)13(11-17-18-15)6-5-12-7-9-16-10-8-12/h1-11H/b6-5+. The van der Waals surface area contributed by atoms with Crippen LogP contribution < -0.4 is 0 Å². The molecule has 2 aromatic heterocycles. The van der Waals surface area contributed by atoms with E-state index in [1.165, 1.54) is 0 Å². The van der Waals surface area contributed by atoms with E-state index in [0.717, 1.165) is 22.0 Å². The number of fused-ring (bicyclic) bond motifs is 1. The summed E-state index contributed by atoms with van der Waals surface area (Å²) >= 11 is 0. The van der Waals surface area contributed by atoms with Gasteiger partial charge in [-0.2, -0.15) is 10.2 Å². The molecular weight excluding hydrogens is 222 g/mol. The Kier molecular flexibility index (Phi) is 2.80. The quantitative estimate of drug-likeness (QED) is 0.682. The van der Waals surface area contributed by atoms with Crippen LogP contribution >= 0.6 is 0 Å². The number of benzene rings is 1. The van der Waals surface area contributed by atoms with Crippen LogP contribution in [0.2, 0.25) is 0 Å². The van der Waals surface area contributed by atoms with Gasteiger partial charge in [0.1, 0.15) is 0 Å². The molecular formula is C15H11N3. The van der Waals surface area contributed by atoms with E-state index in [2.05, 4.69) is 21.2 Å². The Bertz CT molecular complexity index is 685. The summed E-state index contributed by atoms with van der Waals surface area (Å²) in [6.07, 6.45) is 9.43. The number of hydrogen-bond acceptors (Lipinski definition) is 3. The molecule has 1 aromatic carbocycles. The Morgan fingerprint density at radius 1 is 0.889 bits per heavy atom. The lowest BCUT2D eigenvalue weighted by Crippen LogP contribution is -1.86. The van der Waals surface area contributed by atoms with Crippen LogP contribution in [0.4, 0.5) is 0 Å². The van der Waals surface area contributed by atoms with E-state index >= 15 is 0 Å². The van der Waals surface area contributed by atoms with Crippen molar-refractivity contribution in [2.24, 2.45) is 0 Å². The topological polar surface area (TPSA) is 38.7 Å². The minimum absolute atomic E-state index is 0.911. The molecule has 0 aliphatic heterocycles. The summed E-state index contributed by atoms with van der Waals surface area (Å²) in [5, 5.41) is 9.22. The summed E-state index contributed by atoms with van der Waals surface area (Å²) in [5.74, 6) is 0. The normalized spacial score (nSPS) is 11.1. The van der Waals surface area contributed by atoms with Crippen LogP contribution in [0.25, 0.3) is 23.1 Å². The van der Waals surface area contributed by atoms with Gasteiger partial charge in [-0.05, 0) is 23.8 Å². The van der Waals surface area contributed by atoms with Crippen LogP contribution in [-0.4, -0.2) is 15.2 Å². The number of aromatic nitrogens is 3. The summed E-state index contributed by atoms with van der Waals surface area (Å²) in [6.45, 7) is 0. The molecule has 3 nitrogen and oxygen atoms in total. The first-order chi connectivity index (χ1) is 8.93. The van der Waals surface area contributed by atoms with E-state index in [9.17, 15) is 0 Å². The van der Waals surface area contributed by atoms with Gasteiger partial charge in [-0.25, -0.2) is 0 Å². The van der Waals surface area contributed by atoms with Crippen LogP contribution in [0.5, 0.6) is 0 Å². The van der Waals surface area contributed by atoms with Gasteiger partial charge in [-0.1, -0.05) is 30.4 Å². The highest BCUT2D eigenvalue weighted by atomic mass is 15.1. The fourth-order valence-corrected chi connectivity index (χ4v) is 1.82. The van der Waals surface area contributed by atoms with Crippen molar-refractivity contribution >= 4 is 23.1 Å². The van der Waals surface area contributed by atoms with Crippen molar-refractivity contribution in [3.05, 3.63) is 66.1 Å². The Morgan fingerprint density at radius 3 is 2.61 bits per heavy atom. The zero-order valence-corrected chi connectivity index (χ0v) is 9.69. The van der Waals surface area contributed by atoms with Gasteiger partial charge in [0.05, 0.1) is 11.7 Å². The minimum Gasteiger partial charge on any atom is -0.265 e. The summed E-state index contributed by atoms with van der Waals surface area (Å²) in [5.41, 5.74) is 3.10. The fourth-order valence-electron chi connectivity index (χ4n) is 1.82. The first-order valence-electron chi connectivity index (χ1n) is 5.72. The maximum Gasteiger partial charge on any atom is 0.0935 e. The smallest absolute Gasteiger partial charge is 0.0935 e. The van der Waals surface area contributed by atoms with Gasteiger partial charge in [-0.3, -0.25) is 4.98 Å². The highest BCUT2D eigenvalue weighted by Gasteiger charge is 1.98. The van der Waals surface area contributed by atoms with Crippen molar-refractivity contribution in [3.63, 3.8) is 0 Å². The zero-order chi connectivity index (χ0) is 12.2. The van der Waals surface area contributed by atoms with Crippen LogP contribution in [0.15, 0.2) is 55.0 Å². The maximum atomic E-state index is 4.10. The molecule has 0 aliphatic rings. The second-order valence-electron chi connectivity index (χ2n) is 3.93. The Morgan fingerprint density at radius 2 is 1.72 bits per heavy atom. The van der Waals surface area contributed by atoms with Crippen LogP contribution in [0.3, 0.4) is 0 Å². The van der Waals surface area contributed by atoms with E-state index in [0.29, 0.717) is 0 Å². The molecule has 0 unspecified atom stereocenters. The van der Waals surface area contributed by atoms with E-state index in [1.807, 2.05) is 42.5 Å². The van der Waals surface area contributed by atoms with E-state index in [1.54, 1.807) is 18.6 Å². The van der Waals surface area contributed by atoms with Crippen molar-refractivity contribution in [1.29, 1.82) is 0 Å². The summed E-state index contributed by atoms with van der Waals surface area (Å²) < 4.78 is 0. The largest absolute Gasteiger partial charge is 0.265 e. The molecule has 86 valence electrons. The second kappa shape index (κ2) is 4.75. The maximum absolute atomic E-state index is 4.10. The second-order valence-corrected chi connectivity index (χ2v) is 3.93. The molecule has 18 heavy (non-hydrogen) atoms. The molecule has 0 saturated heterocycles. The Labute approximate surface area is 105 Å². The van der Waals surface area contributed by atoms with Crippen molar-refractivity contribution in [2.75, 3.05) is 0 Å². The average Bonchev–Trinajstić information content (AvgIpc) is 2.46. The molecule has 2 heterocycles. The lowest BCUT2D eigenvalue weighted by atomic mass is 10.1. The van der Waals surface area contributed by atoms with Gasteiger partial charge in [0.15, 0.2) is 0 Å². The van der Waals surface area contributed by atoms with Gasteiger partial charge >= 0.3 is 0 Å². The van der Waals surface area contributed by atoms with Gasteiger partial charge < -0.3 is 0 Å². The van der Waals surface area contributed by atoms with Gasteiger partial charge in [0.25, 0.3) is 0 Å². The van der Waals surface area contributed by atoms with Gasteiger partial charge in [0.2, 0.25) is 0 Å². The number of nitrogens with zero attached hydrogens (tertiary/aromatic N) is 3. The molecule has 0 fully saturated rings. The van der Waals surface area contributed by atoms with Crippen molar-refractivity contribution in [3.8, 4) is 0 Å². The highest BCUT2D eigenvalue weighted by Crippen LogP contribution is 2.17. The molecule has 0 saturated carbocycles. The van der Waals surface area contributed by atoms with Crippen LogP contribution in [0.1, 0.15) is 11.1 Å². The first-order valence-corrected chi connectivity index (χ1v) is 5.72. The predicted octanol–water partition coefficient (Wildman–Crippen LogP) is 3.20. The van der Waals surface area contributed by atoms with Gasteiger partial charge in [0, 0.05) is 23.3 Å². The third kappa shape index (κ3) is 2.11. The molecule has 0 atom stereocenters. The molecule has 0 spiro atoms. The minimum atomic E-state index is 0.911. The zero-order valence-electron chi connectivity index (χ0n) is 9.69. The number of rotatable bonds is 2. The fraction of sp³-hybridized carbons (Fsp3) is 0. The third-order valence-electron chi connectivity index (χ3n) is 2.74. The van der Waals surface area contributed by atoms with Crippen LogP contribution in [0, 0.1) is 0 Å². The molecule has 3 rings (SSSR count). The van der Waals surface area contributed by atoms with E-state index in [-0.39, 0.29) is 0 Å². The first kappa shape index (κ1) is 10.6. The van der Waals surface area contributed by atoms with Crippen molar-refractivity contribution in [1.82, 2.24) is 15.2 Å². The van der Waals surface area contributed by atoms with Crippen molar-refractivity contribution in [2.45, 2.75) is 0 Å². The number of hydrogen-bond donors (Lipinski definition) is 0. The molecule has 0 aliphatic carbocycles. The van der Waals surface area contributed by atoms with Crippen molar-refractivity contribution < 1.29 is 0 Å². The van der Waals surface area contributed by atoms with Crippen LogP contribution in [-0.2, 0) is 0 Å². The summed E-state index contributed by atoms with van der Waals surface area (Å²) in [7, 11) is 0. The SMILES string of the molecule is C(=C\c1cnnc2ccccc12)/c1ccncc1. The van der Waals surface area contributed by atoms with E-state index < -0.39 is 0 Å². The molecule has 0 N–H and O–H groups in total. The summed E-state index contributed by atoms with van der Waals surface area (Å²) in [6, 6.07) is 11.9. The van der Waals surface area contributed by atoms with E-state index in [4.69, 9.17) is 0 Å². The summed E-state index contributed by atoms with van der Waals surface area (Å²) in [4.78, 5) is 3.99. The Hall–Kier alpha value is -2.55.